The lowest BCUT2D eigenvalue weighted by Crippen LogP contribution is -2.12. The van der Waals surface area contributed by atoms with Gasteiger partial charge < -0.3 is 9.84 Å². The molecule has 0 radical (unpaired) electrons. The van der Waals surface area contributed by atoms with Crippen molar-refractivity contribution in [3.8, 4) is 6.01 Å². The molecule has 0 aromatic carbocycles. The number of carboxylic acids is 1. The molecule has 0 amide bonds. The minimum absolute atomic E-state index is 0.0902. The summed E-state index contributed by atoms with van der Waals surface area (Å²) in [6, 6.07) is 0.0902. The number of aromatic nitrogens is 4. The number of aliphatic carboxylic acids is 1. The van der Waals surface area contributed by atoms with E-state index in [0.717, 1.165) is 0 Å². The zero-order valence-electron chi connectivity index (χ0n) is 5.76. The van der Waals surface area contributed by atoms with Crippen LogP contribution in [0.4, 0.5) is 0 Å². The van der Waals surface area contributed by atoms with E-state index in [1.165, 1.54) is 4.68 Å². The zero-order chi connectivity index (χ0) is 8.27. The Morgan fingerprint density at radius 2 is 2.55 bits per heavy atom. The van der Waals surface area contributed by atoms with Crippen molar-refractivity contribution >= 4 is 5.97 Å². The van der Waals surface area contributed by atoms with Gasteiger partial charge in [-0.1, -0.05) is 5.10 Å². The molecule has 0 unspecified atom stereocenters. The van der Waals surface area contributed by atoms with E-state index >= 15 is 0 Å². The summed E-state index contributed by atoms with van der Waals surface area (Å²) in [5, 5.41) is 18.3. The van der Waals surface area contributed by atoms with Crippen LogP contribution in [0.1, 0.15) is 0 Å². The molecule has 0 spiro atoms. The van der Waals surface area contributed by atoms with Gasteiger partial charge in [-0.15, -0.1) is 0 Å². The fourth-order valence-electron chi connectivity index (χ4n) is 0.470. The minimum atomic E-state index is -1.06. The third kappa shape index (κ3) is 1.88. The van der Waals surface area contributed by atoms with Gasteiger partial charge in [0.15, 0.2) is 6.61 Å². The van der Waals surface area contributed by atoms with Gasteiger partial charge in [-0.3, -0.25) is 0 Å². The molecule has 0 aliphatic heterocycles. The van der Waals surface area contributed by atoms with E-state index < -0.39 is 12.6 Å². The molecule has 1 heterocycles. The second-order valence-electron chi connectivity index (χ2n) is 1.77. The molecule has 11 heavy (non-hydrogen) atoms. The Morgan fingerprint density at radius 3 is 3.00 bits per heavy atom. The number of tetrazole rings is 1. The molecule has 0 bridgehead atoms. The van der Waals surface area contributed by atoms with Crippen molar-refractivity contribution in [1.82, 2.24) is 20.2 Å². The van der Waals surface area contributed by atoms with Crippen molar-refractivity contribution in [2.75, 3.05) is 6.61 Å². The quantitative estimate of drug-likeness (QED) is 0.586. The first-order valence-corrected chi connectivity index (χ1v) is 2.77. The molecule has 1 aromatic rings. The van der Waals surface area contributed by atoms with Crippen molar-refractivity contribution in [1.29, 1.82) is 0 Å². The number of aryl methyl sites for hydroxylation is 1. The molecular weight excluding hydrogens is 152 g/mol. The topological polar surface area (TPSA) is 90.1 Å². The number of carbonyl (C=O) groups is 1. The minimum Gasteiger partial charge on any atom is -0.479 e. The van der Waals surface area contributed by atoms with Crippen molar-refractivity contribution < 1.29 is 14.6 Å². The second-order valence-corrected chi connectivity index (χ2v) is 1.77. The lowest BCUT2D eigenvalue weighted by molar-refractivity contribution is -0.139. The summed E-state index contributed by atoms with van der Waals surface area (Å²) in [5.74, 6) is -1.06. The standard InChI is InChI=1S/C4H6N4O3/c1-8-4(5-6-7-8)11-2-3(9)10/h2H2,1H3,(H,9,10). The maximum atomic E-state index is 10.0. The number of hydrogen-bond donors (Lipinski definition) is 1. The third-order valence-electron chi connectivity index (χ3n) is 0.906. The van der Waals surface area contributed by atoms with Gasteiger partial charge in [-0.25, -0.2) is 4.79 Å². The maximum absolute atomic E-state index is 10.0. The highest BCUT2D eigenvalue weighted by Gasteiger charge is 2.04. The molecule has 0 aliphatic rings. The molecule has 7 nitrogen and oxygen atoms in total. The Labute approximate surface area is 61.6 Å². The Morgan fingerprint density at radius 1 is 1.82 bits per heavy atom. The van der Waals surface area contributed by atoms with Crippen LogP contribution in [0.2, 0.25) is 0 Å². The third-order valence-corrected chi connectivity index (χ3v) is 0.906. The maximum Gasteiger partial charge on any atom is 0.341 e. The fraction of sp³-hybridized carbons (Fsp3) is 0.500. The Balaban J connectivity index is 2.51. The molecule has 1 N–H and O–H groups in total. The molecule has 0 saturated carbocycles. The Bertz CT molecular complexity index is 258. The number of ether oxygens (including phenoxy) is 1. The zero-order valence-corrected chi connectivity index (χ0v) is 5.76. The number of rotatable bonds is 3. The number of hydrogen-bond acceptors (Lipinski definition) is 5. The average Bonchev–Trinajstić information content (AvgIpc) is 2.31. The Kier molecular flexibility index (Phi) is 2.00. The summed E-state index contributed by atoms with van der Waals surface area (Å²) in [5.41, 5.74) is 0. The second kappa shape index (κ2) is 2.95. The van der Waals surface area contributed by atoms with Crippen LogP contribution in [-0.2, 0) is 11.8 Å². The Hall–Kier alpha value is -1.66. The molecule has 0 saturated heterocycles. The van der Waals surface area contributed by atoms with Gasteiger partial charge in [-0.2, -0.15) is 4.68 Å². The van der Waals surface area contributed by atoms with Crippen LogP contribution >= 0.6 is 0 Å². The number of carboxylic acid groups (broad SMARTS) is 1. The summed E-state index contributed by atoms with van der Waals surface area (Å²) < 4.78 is 5.90. The SMILES string of the molecule is Cn1nnnc1OCC(=O)O. The van der Waals surface area contributed by atoms with Crippen LogP contribution in [0, 0.1) is 0 Å². The molecule has 0 fully saturated rings. The van der Waals surface area contributed by atoms with Crippen LogP contribution in [0.25, 0.3) is 0 Å². The molecule has 0 atom stereocenters. The first-order valence-electron chi connectivity index (χ1n) is 2.77. The summed E-state index contributed by atoms with van der Waals surface area (Å²) in [4.78, 5) is 10.0. The van der Waals surface area contributed by atoms with Crippen molar-refractivity contribution in [2.45, 2.75) is 0 Å². The van der Waals surface area contributed by atoms with Gasteiger partial charge in [-0.05, 0) is 10.4 Å². The normalized spacial score (nSPS) is 9.55. The van der Waals surface area contributed by atoms with E-state index in [1.807, 2.05) is 0 Å². The van der Waals surface area contributed by atoms with Crippen LogP contribution in [0.15, 0.2) is 0 Å². The van der Waals surface area contributed by atoms with Gasteiger partial charge in [0.2, 0.25) is 0 Å². The van der Waals surface area contributed by atoms with E-state index in [1.54, 1.807) is 7.05 Å². The molecule has 1 rings (SSSR count). The smallest absolute Gasteiger partial charge is 0.341 e. The first kappa shape index (κ1) is 7.45. The highest BCUT2D eigenvalue weighted by Crippen LogP contribution is 1.97. The van der Waals surface area contributed by atoms with Gasteiger partial charge in [0.25, 0.3) is 0 Å². The van der Waals surface area contributed by atoms with Gasteiger partial charge >= 0.3 is 12.0 Å². The molecule has 0 aliphatic carbocycles. The summed E-state index contributed by atoms with van der Waals surface area (Å²) in [6.07, 6.45) is 0. The van der Waals surface area contributed by atoms with E-state index in [-0.39, 0.29) is 6.01 Å². The van der Waals surface area contributed by atoms with E-state index in [2.05, 4.69) is 20.3 Å². The van der Waals surface area contributed by atoms with Crippen molar-refractivity contribution in [3.63, 3.8) is 0 Å². The largest absolute Gasteiger partial charge is 0.479 e. The van der Waals surface area contributed by atoms with E-state index in [9.17, 15) is 4.79 Å². The van der Waals surface area contributed by atoms with Crippen molar-refractivity contribution in [3.05, 3.63) is 0 Å². The fourth-order valence-corrected chi connectivity index (χ4v) is 0.470. The summed E-state index contributed by atoms with van der Waals surface area (Å²) in [6.45, 7) is -0.436. The van der Waals surface area contributed by atoms with Crippen LogP contribution in [0.3, 0.4) is 0 Å². The van der Waals surface area contributed by atoms with Crippen LogP contribution in [0.5, 0.6) is 6.01 Å². The van der Waals surface area contributed by atoms with E-state index in [0.29, 0.717) is 0 Å². The van der Waals surface area contributed by atoms with Crippen LogP contribution in [-0.4, -0.2) is 37.9 Å². The lowest BCUT2D eigenvalue weighted by atomic mass is 10.7. The summed E-state index contributed by atoms with van der Waals surface area (Å²) in [7, 11) is 1.55. The molecular formula is C4H6N4O3. The monoisotopic (exact) mass is 158 g/mol. The lowest BCUT2D eigenvalue weighted by Gasteiger charge is -1.97. The van der Waals surface area contributed by atoms with Crippen molar-refractivity contribution in [2.24, 2.45) is 7.05 Å². The summed E-state index contributed by atoms with van der Waals surface area (Å²) >= 11 is 0. The first-order chi connectivity index (χ1) is 5.20. The number of nitrogens with zero attached hydrogens (tertiary/aromatic N) is 4. The highest BCUT2D eigenvalue weighted by molar-refractivity contribution is 5.68. The van der Waals surface area contributed by atoms with Crippen LogP contribution < -0.4 is 4.74 Å². The molecule has 1 aromatic heterocycles. The molecule has 7 heteroatoms. The van der Waals surface area contributed by atoms with Gasteiger partial charge in [0, 0.05) is 7.05 Å². The van der Waals surface area contributed by atoms with Gasteiger partial charge in [0.1, 0.15) is 0 Å². The van der Waals surface area contributed by atoms with Gasteiger partial charge in [0.05, 0.1) is 0 Å². The highest BCUT2D eigenvalue weighted by atomic mass is 16.5. The van der Waals surface area contributed by atoms with E-state index in [4.69, 9.17) is 5.11 Å². The predicted molar refractivity (Wildman–Crippen MR) is 31.9 cm³/mol. The average molecular weight is 158 g/mol. The predicted octanol–water partition coefficient (Wildman–Crippen LogP) is -1.33. The molecule has 60 valence electrons.